The fourth-order valence-electron chi connectivity index (χ4n) is 0.295. The van der Waals surface area contributed by atoms with Crippen LogP contribution in [0, 0.1) is 0 Å². The number of aliphatic hydroxyl groups excluding tert-OH is 1. The standard InChI is InChI=1S/C4H11N3O/c1-3(2-8)7-4(5)6/h3,8H,2H2,1H3,(H4,5,6,7). The number of hydrogen-bond acceptors (Lipinski definition) is 2. The van der Waals surface area contributed by atoms with Crippen LogP contribution in [-0.2, 0) is 0 Å². The molecule has 0 aromatic rings. The summed E-state index contributed by atoms with van der Waals surface area (Å²) >= 11 is 0. The van der Waals surface area contributed by atoms with E-state index in [1.807, 2.05) is 0 Å². The average Bonchev–Trinajstić information content (AvgIpc) is 1.65. The second-order valence-electron chi connectivity index (χ2n) is 1.59. The maximum Gasteiger partial charge on any atom is 0.186 e. The highest BCUT2D eigenvalue weighted by molar-refractivity contribution is 5.75. The molecule has 0 heterocycles. The minimum atomic E-state index is -0.181. The van der Waals surface area contributed by atoms with Crippen LogP contribution in [0.5, 0.6) is 0 Å². The Labute approximate surface area is 48.2 Å². The van der Waals surface area contributed by atoms with Crippen LogP contribution in [0.15, 0.2) is 4.99 Å². The molecule has 5 N–H and O–H groups in total. The molecule has 0 aliphatic carbocycles. The van der Waals surface area contributed by atoms with E-state index in [1.54, 1.807) is 6.92 Å². The van der Waals surface area contributed by atoms with Crippen molar-refractivity contribution in [3.8, 4) is 0 Å². The highest BCUT2D eigenvalue weighted by Crippen LogP contribution is 1.82. The summed E-state index contributed by atoms with van der Waals surface area (Å²) in [5.41, 5.74) is 9.97. The highest BCUT2D eigenvalue weighted by Gasteiger charge is 1.92. The SMILES string of the molecule is CC(CO)N=C(N)N. The molecule has 0 radical (unpaired) electrons. The summed E-state index contributed by atoms with van der Waals surface area (Å²) in [4.78, 5) is 3.62. The minimum absolute atomic E-state index is 0.0160. The van der Waals surface area contributed by atoms with Gasteiger partial charge in [-0.05, 0) is 6.92 Å². The molecule has 0 rings (SSSR count). The zero-order valence-electron chi connectivity index (χ0n) is 4.83. The van der Waals surface area contributed by atoms with E-state index >= 15 is 0 Å². The Morgan fingerprint density at radius 1 is 1.75 bits per heavy atom. The Morgan fingerprint density at radius 3 is 2.38 bits per heavy atom. The third-order valence-electron chi connectivity index (χ3n) is 0.634. The molecule has 8 heavy (non-hydrogen) atoms. The van der Waals surface area contributed by atoms with Gasteiger partial charge in [-0.2, -0.15) is 0 Å². The van der Waals surface area contributed by atoms with Crippen molar-refractivity contribution >= 4 is 5.96 Å². The van der Waals surface area contributed by atoms with Crippen molar-refractivity contribution in [1.82, 2.24) is 0 Å². The van der Waals surface area contributed by atoms with Gasteiger partial charge in [-0.3, -0.25) is 0 Å². The van der Waals surface area contributed by atoms with E-state index in [0.717, 1.165) is 0 Å². The van der Waals surface area contributed by atoms with Gasteiger partial charge in [0.1, 0.15) is 0 Å². The maximum absolute atomic E-state index is 8.37. The van der Waals surface area contributed by atoms with Gasteiger partial charge in [0.05, 0.1) is 12.6 Å². The van der Waals surface area contributed by atoms with Gasteiger partial charge in [0, 0.05) is 0 Å². The van der Waals surface area contributed by atoms with E-state index in [0.29, 0.717) is 0 Å². The average molecular weight is 117 g/mol. The van der Waals surface area contributed by atoms with Gasteiger partial charge in [0.25, 0.3) is 0 Å². The number of nitrogens with zero attached hydrogens (tertiary/aromatic N) is 1. The third kappa shape index (κ3) is 3.42. The number of nitrogens with two attached hydrogens (primary N) is 2. The Morgan fingerprint density at radius 2 is 2.25 bits per heavy atom. The number of aliphatic hydroxyl groups is 1. The normalized spacial score (nSPS) is 12.8. The molecule has 0 saturated carbocycles. The van der Waals surface area contributed by atoms with Crippen molar-refractivity contribution in [3.63, 3.8) is 0 Å². The molecule has 0 aliphatic heterocycles. The fourth-order valence-corrected chi connectivity index (χ4v) is 0.295. The van der Waals surface area contributed by atoms with Crippen molar-refractivity contribution in [2.45, 2.75) is 13.0 Å². The summed E-state index contributed by atoms with van der Waals surface area (Å²) < 4.78 is 0. The zero-order valence-corrected chi connectivity index (χ0v) is 4.83. The Bertz CT molecular complexity index is 87.3. The van der Waals surface area contributed by atoms with Crippen LogP contribution < -0.4 is 11.5 Å². The van der Waals surface area contributed by atoms with E-state index in [1.165, 1.54) is 0 Å². The van der Waals surface area contributed by atoms with Gasteiger partial charge in [-0.15, -0.1) is 0 Å². The second kappa shape index (κ2) is 3.26. The summed E-state index contributed by atoms with van der Waals surface area (Å²) in [6.07, 6.45) is 0. The number of guanidine groups is 1. The van der Waals surface area contributed by atoms with Gasteiger partial charge in [-0.1, -0.05) is 0 Å². The molecule has 4 heteroatoms. The van der Waals surface area contributed by atoms with Crippen LogP contribution in [0.4, 0.5) is 0 Å². The lowest BCUT2D eigenvalue weighted by molar-refractivity contribution is 0.274. The molecule has 0 spiro atoms. The van der Waals surface area contributed by atoms with Crippen LogP contribution in [-0.4, -0.2) is 23.7 Å². The summed E-state index contributed by atoms with van der Waals surface area (Å²) in [5.74, 6) is 0.0200. The van der Waals surface area contributed by atoms with E-state index in [2.05, 4.69) is 4.99 Å². The van der Waals surface area contributed by atoms with Gasteiger partial charge >= 0.3 is 0 Å². The number of aliphatic imine (C=N–C) groups is 1. The maximum atomic E-state index is 8.37. The van der Waals surface area contributed by atoms with Crippen LogP contribution in [0.2, 0.25) is 0 Å². The highest BCUT2D eigenvalue weighted by atomic mass is 16.3. The molecule has 48 valence electrons. The summed E-state index contributed by atoms with van der Waals surface area (Å²) in [7, 11) is 0. The number of hydrogen-bond donors (Lipinski definition) is 3. The lowest BCUT2D eigenvalue weighted by Crippen LogP contribution is -2.25. The smallest absolute Gasteiger partial charge is 0.186 e. The Hall–Kier alpha value is -0.770. The second-order valence-corrected chi connectivity index (χ2v) is 1.59. The van der Waals surface area contributed by atoms with E-state index in [4.69, 9.17) is 16.6 Å². The molecular formula is C4H11N3O. The first-order valence-corrected chi connectivity index (χ1v) is 2.36. The van der Waals surface area contributed by atoms with Gasteiger partial charge in [0.15, 0.2) is 5.96 Å². The zero-order chi connectivity index (χ0) is 6.57. The van der Waals surface area contributed by atoms with Crippen molar-refractivity contribution in [2.75, 3.05) is 6.61 Å². The largest absolute Gasteiger partial charge is 0.394 e. The molecule has 0 aromatic heterocycles. The first-order valence-electron chi connectivity index (χ1n) is 2.36. The minimum Gasteiger partial charge on any atom is -0.394 e. The predicted molar refractivity (Wildman–Crippen MR) is 32.4 cm³/mol. The molecule has 0 bridgehead atoms. The molecule has 4 nitrogen and oxygen atoms in total. The molecule has 1 unspecified atom stereocenters. The lowest BCUT2D eigenvalue weighted by atomic mass is 10.4. The first-order chi connectivity index (χ1) is 3.66. The summed E-state index contributed by atoms with van der Waals surface area (Å²) in [5, 5.41) is 8.37. The van der Waals surface area contributed by atoms with E-state index in [9.17, 15) is 0 Å². The summed E-state index contributed by atoms with van der Waals surface area (Å²) in [6, 6.07) is -0.181. The molecule has 0 amide bonds. The topological polar surface area (TPSA) is 84.6 Å². The number of rotatable bonds is 2. The van der Waals surface area contributed by atoms with Crippen LogP contribution in [0.25, 0.3) is 0 Å². The van der Waals surface area contributed by atoms with Gasteiger partial charge in [0.2, 0.25) is 0 Å². The third-order valence-corrected chi connectivity index (χ3v) is 0.634. The van der Waals surface area contributed by atoms with Crippen LogP contribution in [0.1, 0.15) is 6.92 Å². The molecule has 0 fully saturated rings. The van der Waals surface area contributed by atoms with Crippen molar-refractivity contribution in [2.24, 2.45) is 16.5 Å². The Kier molecular flexibility index (Phi) is 2.95. The molecule has 0 aromatic carbocycles. The fraction of sp³-hybridized carbons (Fsp3) is 0.750. The van der Waals surface area contributed by atoms with Crippen molar-refractivity contribution in [1.29, 1.82) is 0 Å². The molecular weight excluding hydrogens is 106 g/mol. The monoisotopic (exact) mass is 117 g/mol. The van der Waals surface area contributed by atoms with Crippen molar-refractivity contribution < 1.29 is 5.11 Å². The van der Waals surface area contributed by atoms with Gasteiger partial charge < -0.3 is 16.6 Å². The van der Waals surface area contributed by atoms with E-state index in [-0.39, 0.29) is 18.6 Å². The summed E-state index contributed by atoms with van der Waals surface area (Å²) in [6.45, 7) is 1.71. The van der Waals surface area contributed by atoms with Crippen LogP contribution >= 0.6 is 0 Å². The van der Waals surface area contributed by atoms with Gasteiger partial charge in [-0.25, -0.2) is 4.99 Å². The Balaban J connectivity index is 3.51. The van der Waals surface area contributed by atoms with Crippen LogP contribution in [0.3, 0.4) is 0 Å². The molecule has 1 atom stereocenters. The van der Waals surface area contributed by atoms with E-state index < -0.39 is 0 Å². The molecule has 0 saturated heterocycles. The quantitative estimate of drug-likeness (QED) is 0.308. The predicted octanol–water partition coefficient (Wildman–Crippen LogP) is -1.36. The molecule has 0 aliphatic rings. The first kappa shape index (κ1) is 7.23. The lowest BCUT2D eigenvalue weighted by Gasteiger charge is -1.98. The van der Waals surface area contributed by atoms with Crippen molar-refractivity contribution in [3.05, 3.63) is 0 Å².